The van der Waals surface area contributed by atoms with E-state index >= 15 is 0 Å². The quantitative estimate of drug-likeness (QED) is 0.590. The third kappa shape index (κ3) is 2.55. The number of fused-ring (bicyclic) bond motifs is 1. The molecule has 2 heterocycles. The molecule has 108 valence electrons. The van der Waals surface area contributed by atoms with Gasteiger partial charge < -0.3 is 16.1 Å². The molecule has 0 aliphatic rings. The molecule has 0 fully saturated rings. The second kappa shape index (κ2) is 5.23. The van der Waals surface area contributed by atoms with Crippen LogP contribution in [0.2, 0.25) is 0 Å². The van der Waals surface area contributed by atoms with Gasteiger partial charge in [0, 0.05) is 13.0 Å². The lowest BCUT2D eigenvalue weighted by Crippen LogP contribution is -2.33. The van der Waals surface area contributed by atoms with Crippen molar-refractivity contribution in [2.75, 3.05) is 17.7 Å². The highest BCUT2D eigenvalue weighted by Crippen LogP contribution is 2.10. The minimum absolute atomic E-state index is 0.238. The molecule has 3 rings (SSSR count). The third-order valence-electron chi connectivity index (χ3n) is 3.13. The summed E-state index contributed by atoms with van der Waals surface area (Å²) in [5, 5.41) is 10.6. The Hall–Kier alpha value is -2.90. The van der Waals surface area contributed by atoms with Gasteiger partial charge in [0.1, 0.15) is 11.5 Å². The summed E-state index contributed by atoms with van der Waals surface area (Å²) in [7, 11) is 0. The number of anilines is 1. The second-order valence-electron chi connectivity index (χ2n) is 4.66. The Bertz CT molecular complexity index is 803. The van der Waals surface area contributed by atoms with Gasteiger partial charge in [0.15, 0.2) is 0 Å². The van der Waals surface area contributed by atoms with Crippen molar-refractivity contribution in [3.63, 3.8) is 0 Å². The molecule has 0 atom stereocenters. The van der Waals surface area contributed by atoms with Crippen LogP contribution in [-0.4, -0.2) is 31.4 Å². The molecule has 0 saturated carbocycles. The smallest absolute Gasteiger partial charge is 0.295 e. The number of aryl methyl sites for hydroxylation is 1. The Morgan fingerprint density at radius 1 is 1.33 bits per heavy atom. The normalized spacial score (nSPS) is 10.9. The second-order valence-corrected chi connectivity index (χ2v) is 4.66. The minimum Gasteiger partial charge on any atom is -0.352 e. The molecule has 0 radical (unpaired) electrons. The summed E-state index contributed by atoms with van der Waals surface area (Å²) in [5.41, 5.74) is 1.83. The minimum atomic E-state index is -0.365. The van der Waals surface area contributed by atoms with Crippen LogP contribution in [0.25, 0.3) is 11.0 Å². The first-order chi connectivity index (χ1) is 10.1. The maximum atomic E-state index is 11.6. The predicted octanol–water partition coefficient (Wildman–Crippen LogP) is 0.191. The number of hydrogen-bond acceptors (Lipinski definition) is 6. The maximum Gasteiger partial charge on any atom is 0.295 e. The van der Waals surface area contributed by atoms with Crippen LogP contribution in [0, 0.1) is 6.92 Å². The van der Waals surface area contributed by atoms with E-state index < -0.39 is 0 Å². The number of hydrogen-bond donors (Lipinski definition) is 3. The summed E-state index contributed by atoms with van der Waals surface area (Å²) in [4.78, 5) is 19.3. The fourth-order valence-corrected chi connectivity index (χ4v) is 2.02. The van der Waals surface area contributed by atoms with Crippen LogP contribution in [0.1, 0.15) is 11.5 Å². The van der Waals surface area contributed by atoms with Gasteiger partial charge in [-0.15, -0.1) is 10.2 Å². The number of aromatic nitrogens is 5. The van der Waals surface area contributed by atoms with Gasteiger partial charge in [-0.1, -0.05) is 12.1 Å². The first-order valence-corrected chi connectivity index (χ1v) is 6.54. The number of nitrogens with two attached hydrogens (primary N) is 1. The number of nitrogens with zero attached hydrogens (tertiary/aromatic N) is 4. The van der Waals surface area contributed by atoms with E-state index in [4.69, 9.17) is 5.84 Å². The van der Waals surface area contributed by atoms with Crippen molar-refractivity contribution in [3.8, 4) is 0 Å². The van der Waals surface area contributed by atoms with Crippen molar-refractivity contribution < 1.29 is 0 Å². The molecule has 3 aromatic rings. The molecule has 0 spiro atoms. The first kappa shape index (κ1) is 13.1. The van der Waals surface area contributed by atoms with Crippen LogP contribution in [0.5, 0.6) is 0 Å². The number of imidazole rings is 1. The molecule has 21 heavy (non-hydrogen) atoms. The molecule has 2 aromatic heterocycles. The zero-order chi connectivity index (χ0) is 14.8. The van der Waals surface area contributed by atoms with Gasteiger partial charge in [0.2, 0.25) is 5.95 Å². The summed E-state index contributed by atoms with van der Waals surface area (Å²) in [5.74, 6) is 6.73. The van der Waals surface area contributed by atoms with Crippen molar-refractivity contribution in [1.29, 1.82) is 0 Å². The zero-order valence-electron chi connectivity index (χ0n) is 11.5. The number of para-hydroxylation sites is 2. The van der Waals surface area contributed by atoms with Crippen molar-refractivity contribution >= 4 is 17.0 Å². The largest absolute Gasteiger partial charge is 0.352 e. The number of aromatic amines is 1. The van der Waals surface area contributed by atoms with Crippen molar-refractivity contribution in [3.05, 3.63) is 46.1 Å². The van der Waals surface area contributed by atoms with E-state index in [1.54, 1.807) is 6.92 Å². The van der Waals surface area contributed by atoms with Crippen molar-refractivity contribution in [2.45, 2.75) is 13.3 Å². The lowest BCUT2D eigenvalue weighted by molar-refractivity contribution is 0.786. The number of rotatable bonds is 4. The lowest BCUT2D eigenvalue weighted by atomic mass is 10.3. The van der Waals surface area contributed by atoms with Gasteiger partial charge in [-0.2, -0.15) is 4.68 Å². The number of benzene rings is 1. The van der Waals surface area contributed by atoms with E-state index in [0.717, 1.165) is 21.5 Å². The molecule has 0 bridgehead atoms. The summed E-state index contributed by atoms with van der Waals surface area (Å²) in [6, 6.07) is 7.83. The maximum absolute atomic E-state index is 11.6. The standard InChI is InChI=1S/C13H15N7O/c1-8-12(21)20(14)13(19-18-8)15-7-6-11-16-9-4-2-3-5-10(9)17-11/h2-5H,6-7,14H2,1H3,(H,15,19)(H,16,17). The van der Waals surface area contributed by atoms with E-state index in [1.807, 2.05) is 24.3 Å². The number of nitrogens with one attached hydrogen (secondary N) is 2. The Morgan fingerprint density at radius 3 is 2.95 bits per heavy atom. The van der Waals surface area contributed by atoms with Crippen molar-refractivity contribution in [2.24, 2.45) is 0 Å². The SMILES string of the molecule is Cc1nnc(NCCc2nc3ccccc3[nH]2)n(N)c1=O. The molecule has 0 aliphatic carbocycles. The molecule has 0 amide bonds. The van der Waals surface area contributed by atoms with Crippen molar-refractivity contribution in [1.82, 2.24) is 24.8 Å². The Balaban J connectivity index is 1.69. The van der Waals surface area contributed by atoms with E-state index in [2.05, 4.69) is 25.5 Å². The Labute approximate surface area is 120 Å². The van der Waals surface area contributed by atoms with Gasteiger partial charge in [0.05, 0.1) is 11.0 Å². The highest BCUT2D eigenvalue weighted by Gasteiger charge is 2.07. The summed E-state index contributed by atoms with van der Waals surface area (Å²) < 4.78 is 0.959. The van der Waals surface area contributed by atoms with Gasteiger partial charge in [0.25, 0.3) is 5.56 Å². The monoisotopic (exact) mass is 285 g/mol. The molecule has 8 nitrogen and oxygen atoms in total. The van der Waals surface area contributed by atoms with Gasteiger partial charge in [-0.05, 0) is 19.1 Å². The molecule has 0 saturated heterocycles. The van der Waals surface area contributed by atoms with E-state index in [0.29, 0.717) is 13.0 Å². The van der Waals surface area contributed by atoms with Gasteiger partial charge in [-0.25, -0.2) is 4.98 Å². The van der Waals surface area contributed by atoms with E-state index in [-0.39, 0.29) is 17.2 Å². The number of H-pyrrole nitrogens is 1. The Morgan fingerprint density at radius 2 is 2.14 bits per heavy atom. The molecule has 0 unspecified atom stereocenters. The van der Waals surface area contributed by atoms with Crippen LogP contribution < -0.4 is 16.7 Å². The fraction of sp³-hybridized carbons (Fsp3) is 0.231. The van der Waals surface area contributed by atoms with Gasteiger partial charge >= 0.3 is 0 Å². The first-order valence-electron chi connectivity index (χ1n) is 6.54. The lowest BCUT2D eigenvalue weighted by Gasteiger charge is -2.07. The van der Waals surface area contributed by atoms with Crippen LogP contribution in [0.4, 0.5) is 5.95 Å². The Kier molecular flexibility index (Phi) is 3.27. The predicted molar refractivity (Wildman–Crippen MR) is 79.5 cm³/mol. The highest BCUT2D eigenvalue weighted by molar-refractivity contribution is 5.74. The molecular weight excluding hydrogens is 270 g/mol. The average Bonchev–Trinajstić information content (AvgIpc) is 2.90. The molecule has 1 aromatic carbocycles. The molecule has 8 heteroatoms. The summed E-state index contributed by atoms with van der Waals surface area (Å²) >= 11 is 0. The van der Waals surface area contributed by atoms with Gasteiger partial charge in [-0.3, -0.25) is 4.79 Å². The topological polar surface area (TPSA) is 115 Å². The zero-order valence-corrected chi connectivity index (χ0v) is 11.5. The van der Waals surface area contributed by atoms with Crippen LogP contribution in [0.3, 0.4) is 0 Å². The van der Waals surface area contributed by atoms with E-state index in [9.17, 15) is 4.79 Å². The fourth-order valence-electron chi connectivity index (χ4n) is 2.02. The van der Waals surface area contributed by atoms with Crippen LogP contribution in [0.15, 0.2) is 29.1 Å². The van der Waals surface area contributed by atoms with Crippen LogP contribution in [-0.2, 0) is 6.42 Å². The molecule has 0 aliphatic heterocycles. The highest BCUT2D eigenvalue weighted by atomic mass is 16.1. The average molecular weight is 285 g/mol. The third-order valence-corrected chi connectivity index (χ3v) is 3.13. The summed E-state index contributed by atoms with van der Waals surface area (Å²) in [6.45, 7) is 2.10. The van der Waals surface area contributed by atoms with Crippen LogP contribution >= 0.6 is 0 Å². The molecular formula is C13H15N7O. The van der Waals surface area contributed by atoms with E-state index in [1.165, 1.54) is 0 Å². The number of nitrogen functional groups attached to an aromatic ring is 1. The summed E-state index contributed by atoms with van der Waals surface area (Å²) in [6.07, 6.45) is 0.651. The molecule has 4 N–H and O–H groups in total.